The highest BCUT2D eigenvalue weighted by Crippen LogP contribution is 2.31. The van der Waals surface area contributed by atoms with Gasteiger partial charge in [0.05, 0.1) is 17.4 Å². The second kappa shape index (κ2) is 15.1. The molecule has 4 aromatic rings. The number of carbonyl (C=O) groups is 2. The van der Waals surface area contributed by atoms with Gasteiger partial charge in [0, 0.05) is 76.2 Å². The first-order valence-electron chi connectivity index (χ1n) is 16.7. The zero-order chi connectivity index (χ0) is 34.4. The van der Waals surface area contributed by atoms with E-state index in [4.69, 9.17) is 0 Å². The molecule has 0 unspecified atom stereocenters. The standard InChI is InChI=1S/C38H41F3N6O2/c1-44(35-16-11-32(26-42-35)43-37(49)30-7-9-31(10-8-30)38(39,40)41)33-12-14-34(15-13-33)46-19-17-28(18-20-46)25-36(48)47-23-21-45(22-24-47)27-29-5-3-2-4-6-29/h2-16,26,28H,17-25,27H2,1H3,(H,43,49). The average molecular weight is 671 g/mol. The van der Waals surface area contributed by atoms with Gasteiger partial charge in [0.1, 0.15) is 5.82 Å². The highest BCUT2D eigenvalue weighted by Gasteiger charge is 2.30. The van der Waals surface area contributed by atoms with E-state index in [0.29, 0.717) is 23.8 Å². The molecule has 0 spiro atoms. The number of benzene rings is 3. The maximum atomic E-state index is 13.1. The number of aromatic nitrogens is 1. The minimum atomic E-state index is -4.46. The minimum Gasteiger partial charge on any atom is -0.372 e. The van der Waals surface area contributed by atoms with E-state index in [9.17, 15) is 22.8 Å². The number of pyridine rings is 1. The number of amides is 2. The van der Waals surface area contributed by atoms with Gasteiger partial charge < -0.3 is 20.0 Å². The van der Waals surface area contributed by atoms with Crippen molar-refractivity contribution < 1.29 is 22.8 Å². The van der Waals surface area contributed by atoms with Crippen LogP contribution < -0.4 is 15.1 Å². The van der Waals surface area contributed by atoms with Gasteiger partial charge in [-0.3, -0.25) is 14.5 Å². The molecule has 0 atom stereocenters. The molecule has 0 bridgehead atoms. The van der Waals surface area contributed by atoms with Gasteiger partial charge in [0.25, 0.3) is 5.91 Å². The molecule has 2 aliphatic heterocycles. The molecule has 2 saturated heterocycles. The summed E-state index contributed by atoms with van der Waals surface area (Å²) in [6, 6.07) is 26.3. The van der Waals surface area contributed by atoms with Crippen LogP contribution in [-0.4, -0.2) is 72.9 Å². The third-order valence-corrected chi connectivity index (χ3v) is 9.48. The lowest BCUT2D eigenvalue weighted by Crippen LogP contribution is -2.48. The van der Waals surface area contributed by atoms with E-state index in [1.165, 1.54) is 11.8 Å². The SMILES string of the molecule is CN(c1ccc(N2CCC(CC(=O)N3CCN(Cc4ccccc4)CC3)CC2)cc1)c1ccc(NC(=O)c2ccc(C(F)(F)F)cc2)cn1. The average Bonchev–Trinajstić information content (AvgIpc) is 3.12. The molecule has 2 amide bonds. The summed E-state index contributed by atoms with van der Waals surface area (Å²) in [5.41, 5.74) is 3.15. The van der Waals surface area contributed by atoms with Gasteiger partial charge in [0.15, 0.2) is 0 Å². The molecule has 11 heteroatoms. The molecule has 3 heterocycles. The van der Waals surface area contributed by atoms with Gasteiger partial charge >= 0.3 is 6.18 Å². The van der Waals surface area contributed by atoms with Crippen molar-refractivity contribution in [3.63, 3.8) is 0 Å². The van der Waals surface area contributed by atoms with Crippen LogP contribution in [0.5, 0.6) is 0 Å². The number of nitrogens with zero attached hydrogens (tertiary/aromatic N) is 5. The molecule has 49 heavy (non-hydrogen) atoms. The quantitative estimate of drug-likeness (QED) is 0.206. The number of hydrogen-bond acceptors (Lipinski definition) is 6. The summed E-state index contributed by atoms with van der Waals surface area (Å²) in [4.78, 5) is 38.9. The fourth-order valence-electron chi connectivity index (χ4n) is 6.46. The van der Waals surface area contributed by atoms with Crippen LogP contribution in [0.4, 0.5) is 36.1 Å². The van der Waals surface area contributed by atoms with Crippen LogP contribution in [0.25, 0.3) is 0 Å². The van der Waals surface area contributed by atoms with Gasteiger partial charge in [-0.1, -0.05) is 30.3 Å². The van der Waals surface area contributed by atoms with Crippen LogP contribution in [0.15, 0.2) is 97.2 Å². The maximum Gasteiger partial charge on any atom is 0.416 e. The highest BCUT2D eigenvalue weighted by molar-refractivity contribution is 6.04. The normalized spacial score (nSPS) is 16.0. The number of nitrogens with one attached hydrogen (secondary N) is 1. The second-order valence-electron chi connectivity index (χ2n) is 12.8. The zero-order valence-electron chi connectivity index (χ0n) is 27.6. The molecular formula is C38H41F3N6O2. The molecule has 0 aliphatic carbocycles. The molecule has 0 saturated carbocycles. The smallest absolute Gasteiger partial charge is 0.372 e. The van der Waals surface area contributed by atoms with Gasteiger partial charge in [-0.25, -0.2) is 4.98 Å². The van der Waals surface area contributed by atoms with Gasteiger partial charge in [0.2, 0.25) is 5.91 Å². The van der Waals surface area contributed by atoms with Gasteiger partial charge in [-0.2, -0.15) is 13.2 Å². The molecule has 1 N–H and O–H groups in total. The van der Waals surface area contributed by atoms with E-state index < -0.39 is 17.6 Å². The van der Waals surface area contributed by atoms with Crippen LogP contribution in [0.2, 0.25) is 0 Å². The summed E-state index contributed by atoms with van der Waals surface area (Å²) < 4.78 is 38.5. The summed E-state index contributed by atoms with van der Waals surface area (Å²) in [6.07, 6.45) is -0.328. The molecule has 256 valence electrons. The Morgan fingerprint density at radius 2 is 1.51 bits per heavy atom. The van der Waals surface area contributed by atoms with Crippen molar-refractivity contribution in [2.75, 3.05) is 61.4 Å². The fraction of sp³-hybridized carbons (Fsp3) is 0.342. The van der Waals surface area contributed by atoms with Crippen molar-refractivity contribution in [2.24, 2.45) is 5.92 Å². The number of anilines is 4. The minimum absolute atomic E-state index is 0.121. The molecular weight excluding hydrogens is 629 g/mol. The number of piperazine rings is 1. The Bertz CT molecular complexity index is 1680. The molecule has 3 aromatic carbocycles. The predicted molar refractivity (Wildman–Crippen MR) is 186 cm³/mol. The Labute approximate surface area is 285 Å². The number of alkyl halides is 3. The maximum absolute atomic E-state index is 13.1. The predicted octanol–water partition coefficient (Wildman–Crippen LogP) is 7.07. The number of hydrogen-bond donors (Lipinski definition) is 1. The van der Waals surface area contributed by atoms with Crippen molar-refractivity contribution >= 4 is 34.7 Å². The van der Waals surface area contributed by atoms with Crippen LogP contribution in [-0.2, 0) is 17.5 Å². The van der Waals surface area contributed by atoms with E-state index >= 15 is 0 Å². The first-order valence-corrected chi connectivity index (χ1v) is 16.7. The number of rotatable bonds is 9. The van der Waals surface area contributed by atoms with Crippen molar-refractivity contribution in [2.45, 2.75) is 32.0 Å². The van der Waals surface area contributed by atoms with E-state index in [0.717, 1.165) is 94.3 Å². The Hall–Kier alpha value is -4.90. The Kier molecular flexibility index (Phi) is 10.5. The zero-order valence-corrected chi connectivity index (χ0v) is 27.6. The molecule has 6 rings (SSSR count). The summed E-state index contributed by atoms with van der Waals surface area (Å²) in [6.45, 7) is 6.19. The number of halogens is 3. The third-order valence-electron chi connectivity index (χ3n) is 9.48. The lowest BCUT2D eigenvalue weighted by Gasteiger charge is -2.37. The van der Waals surface area contributed by atoms with Gasteiger partial charge in [-0.05, 0) is 85.0 Å². The highest BCUT2D eigenvalue weighted by atomic mass is 19.4. The summed E-state index contributed by atoms with van der Waals surface area (Å²) in [5, 5.41) is 2.68. The van der Waals surface area contributed by atoms with Crippen LogP contribution in [0.3, 0.4) is 0 Å². The number of carbonyl (C=O) groups excluding carboxylic acids is 2. The lowest BCUT2D eigenvalue weighted by molar-refractivity contribution is -0.137. The van der Waals surface area contributed by atoms with E-state index in [2.05, 4.69) is 56.5 Å². The first-order chi connectivity index (χ1) is 23.6. The van der Waals surface area contributed by atoms with Crippen LogP contribution in [0.1, 0.15) is 40.7 Å². The Morgan fingerprint density at radius 3 is 2.12 bits per heavy atom. The fourth-order valence-corrected chi connectivity index (χ4v) is 6.46. The molecule has 0 radical (unpaired) electrons. The lowest BCUT2D eigenvalue weighted by atomic mass is 9.92. The Morgan fingerprint density at radius 1 is 0.837 bits per heavy atom. The topological polar surface area (TPSA) is 72.0 Å². The van der Waals surface area contributed by atoms with Crippen molar-refractivity contribution in [1.82, 2.24) is 14.8 Å². The van der Waals surface area contributed by atoms with Crippen LogP contribution in [0, 0.1) is 5.92 Å². The third kappa shape index (κ3) is 8.77. The van der Waals surface area contributed by atoms with Crippen molar-refractivity contribution in [3.8, 4) is 0 Å². The summed E-state index contributed by atoms with van der Waals surface area (Å²) >= 11 is 0. The number of piperidine rings is 1. The molecule has 2 fully saturated rings. The van der Waals surface area contributed by atoms with E-state index in [-0.39, 0.29) is 11.5 Å². The molecule has 2 aliphatic rings. The molecule has 8 nitrogen and oxygen atoms in total. The summed E-state index contributed by atoms with van der Waals surface area (Å²) in [5.74, 6) is 0.845. The van der Waals surface area contributed by atoms with E-state index in [1.54, 1.807) is 12.1 Å². The van der Waals surface area contributed by atoms with Crippen molar-refractivity contribution in [1.29, 1.82) is 0 Å². The van der Waals surface area contributed by atoms with Crippen molar-refractivity contribution in [3.05, 3.63) is 114 Å². The van der Waals surface area contributed by atoms with Gasteiger partial charge in [-0.15, -0.1) is 0 Å². The monoisotopic (exact) mass is 670 g/mol. The molecule has 1 aromatic heterocycles. The van der Waals surface area contributed by atoms with E-state index in [1.807, 2.05) is 35.0 Å². The Balaban J connectivity index is 0.938. The second-order valence-corrected chi connectivity index (χ2v) is 12.8. The summed E-state index contributed by atoms with van der Waals surface area (Å²) in [7, 11) is 1.91. The first kappa shape index (κ1) is 34.0. The van der Waals surface area contributed by atoms with Crippen LogP contribution >= 0.6 is 0 Å². The largest absolute Gasteiger partial charge is 0.416 e.